The van der Waals surface area contributed by atoms with Crippen LogP contribution >= 0.6 is 15.9 Å². The molecule has 1 aromatic heterocycles. The van der Waals surface area contributed by atoms with Gasteiger partial charge in [-0.1, -0.05) is 0 Å². The van der Waals surface area contributed by atoms with Crippen molar-refractivity contribution in [1.82, 2.24) is 9.88 Å². The predicted octanol–water partition coefficient (Wildman–Crippen LogP) is 2.90. The van der Waals surface area contributed by atoms with E-state index in [9.17, 15) is 0 Å². The van der Waals surface area contributed by atoms with Gasteiger partial charge in [0.1, 0.15) is 5.82 Å². The summed E-state index contributed by atoms with van der Waals surface area (Å²) in [5.41, 5.74) is 1.02. The summed E-state index contributed by atoms with van der Waals surface area (Å²) < 4.78 is 1.05. The number of aromatic nitrogens is 1. The van der Waals surface area contributed by atoms with E-state index < -0.39 is 0 Å². The molecule has 0 unspecified atom stereocenters. The molecule has 0 aromatic carbocycles. The second-order valence-electron chi connectivity index (χ2n) is 4.26. The molecule has 0 aliphatic rings. The second kappa shape index (κ2) is 6.21. The van der Waals surface area contributed by atoms with E-state index in [0.717, 1.165) is 29.1 Å². The van der Waals surface area contributed by atoms with Gasteiger partial charge in [0, 0.05) is 23.6 Å². The van der Waals surface area contributed by atoms with E-state index in [-0.39, 0.29) is 0 Å². The maximum Gasteiger partial charge on any atom is 0.126 e. The summed E-state index contributed by atoms with van der Waals surface area (Å²) in [5, 5.41) is 3.32. The van der Waals surface area contributed by atoms with Gasteiger partial charge in [0.2, 0.25) is 0 Å². The van der Waals surface area contributed by atoms with Crippen LogP contribution in [0.5, 0.6) is 0 Å². The lowest BCUT2D eigenvalue weighted by Gasteiger charge is -2.21. The number of likely N-dealkylation sites (N-methyl/N-ethyl adjacent to an activating group) is 1. The zero-order valence-corrected chi connectivity index (χ0v) is 12.0. The molecule has 16 heavy (non-hydrogen) atoms. The van der Waals surface area contributed by atoms with Crippen LogP contribution in [0.4, 0.5) is 5.82 Å². The molecule has 1 N–H and O–H groups in total. The summed E-state index contributed by atoms with van der Waals surface area (Å²) in [5.74, 6) is 0.942. The third kappa shape index (κ3) is 4.10. The molecule has 0 fully saturated rings. The number of halogens is 1. The average Bonchev–Trinajstić information content (AvgIpc) is 2.23. The Labute approximate surface area is 106 Å². The van der Waals surface area contributed by atoms with Crippen LogP contribution in [0.2, 0.25) is 0 Å². The van der Waals surface area contributed by atoms with Crippen LogP contribution in [0, 0.1) is 6.92 Å². The van der Waals surface area contributed by atoms with Gasteiger partial charge < -0.3 is 10.2 Å². The van der Waals surface area contributed by atoms with E-state index in [4.69, 9.17) is 0 Å². The van der Waals surface area contributed by atoms with Gasteiger partial charge in [-0.3, -0.25) is 0 Å². The zero-order valence-electron chi connectivity index (χ0n) is 10.4. The van der Waals surface area contributed by atoms with E-state index >= 15 is 0 Å². The van der Waals surface area contributed by atoms with Crippen molar-refractivity contribution in [2.75, 3.05) is 25.5 Å². The average molecular weight is 286 g/mol. The molecule has 0 spiro atoms. The maximum atomic E-state index is 4.44. The molecule has 4 heteroatoms. The third-order valence-corrected chi connectivity index (χ3v) is 3.51. The van der Waals surface area contributed by atoms with E-state index in [1.54, 1.807) is 0 Å². The van der Waals surface area contributed by atoms with Gasteiger partial charge in [-0.25, -0.2) is 4.98 Å². The molecule has 0 aliphatic heterocycles. The summed E-state index contributed by atoms with van der Waals surface area (Å²) in [6, 6.07) is 4.60. The second-order valence-corrected chi connectivity index (χ2v) is 5.12. The molecular weight excluding hydrogens is 266 g/mol. The number of anilines is 1. The molecule has 0 aliphatic carbocycles. The van der Waals surface area contributed by atoms with Gasteiger partial charge in [-0.05, 0) is 55.9 Å². The molecule has 0 radical (unpaired) electrons. The van der Waals surface area contributed by atoms with Crippen LogP contribution in [0.25, 0.3) is 0 Å². The number of aryl methyl sites for hydroxylation is 1. The highest BCUT2D eigenvalue weighted by Crippen LogP contribution is 2.15. The Morgan fingerprint density at radius 2 is 2.12 bits per heavy atom. The maximum absolute atomic E-state index is 4.44. The third-order valence-electron chi connectivity index (χ3n) is 2.67. The highest BCUT2D eigenvalue weighted by Gasteiger charge is 2.03. The lowest BCUT2D eigenvalue weighted by Crippen LogP contribution is -2.31. The predicted molar refractivity (Wildman–Crippen MR) is 72.9 cm³/mol. The molecule has 90 valence electrons. The summed E-state index contributed by atoms with van der Waals surface area (Å²) in [7, 11) is 2.13. The van der Waals surface area contributed by atoms with Gasteiger partial charge in [-0.2, -0.15) is 0 Å². The molecule has 0 saturated heterocycles. The van der Waals surface area contributed by atoms with Crippen molar-refractivity contribution in [1.29, 1.82) is 0 Å². The SMILES string of the molecule is Cc1nc(NCCN(C)C(C)C)ccc1Br. The first-order valence-corrected chi connectivity index (χ1v) is 6.37. The lowest BCUT2D eigenvalue weighted by atomic mass is 10.3. The van der Waals surface area contributed by atoms with Gasteiger partial charge in [0.25, 0.3) is 0 Å². The summed E-state index contributed by atoms with van der Waals surface area (Å²) in [6.45, 7) is 8.33. The summed E-state index contributed by atoms with van der Waals surface area (Å²) >= 11 is 3.44. The van der Waals surface area contributed by atoms with Crippen molar-refractivity contribution < 1.29 is 0 Å². The fraction of sp³-hybridized carbons (Fsp3) is 0.583. The quantitative estimate of drug-likeness (QED) is 0.902. The fourth-order valence-corrected chi connectivity index (χ4v) is 1.48. The number of hydrogen-bond acceptors (Lipinski definition) is 3. The van der Waals surface area contributed by atoms with Crippen molar-refractivity contribution >= 4 is 21.7 Å². The van der Waals surface area contributed by atoms with E-state index in [1.165, 1.54) is 0 Å². The highest BCUT2D eigenvalue weighted by atomic mass is 79.9. The van der Waals surface area contributed by atoms with Gasteiger partial charge >= 0.3 is 0 Å². The number of rotatable bonds is 5. The Balaban J connectivity index is 2.40. The Morgan fingerprint density at radius 1 is 1.44 bits per heavy atom. The molecule has 0 atom stereocenters. The first-order chi connectivity index (χ1) is 7.50. The molecule has 1 heterocycles. The standard InChI is InChI=1S/C12H20BrN3/c1-9(2)16(4)8-7-14-12-6-5-11(13)10(3)15-12/h5-6,9H,7-8H2,1-4H3,(H,14,15). The summed E-state index contributed by atoms with van der Waals surface area (Å²) in [6.07, 6.45) is 0. The zero-order chi connectivity index (χ0) is 12.1. The number of nitrogens with zero attached hydrogens (tertiary/aromatic N) is 2. The minimum absolute atomic E-state index is 0.585. The van der Waals surface area contributed by atoms with E-state index in [1.807, 2.05) is 19.1 Å². The largest absolute Gasteiger partial charge is 0.369 e. The van der Waals surface area contributed by atoms with Crippen LogP contribution < -0.4 is 5.32 Å². The molecule has 1 aromatic rings. The number of nitrogens with one attached hydrogen (secondary N) is 1. The van der Waals surface area contributed by atoms with Gasteiger partial charge in [0.15, 0.2) is 0 Å². The lowest BCUT2D eigenvalue weighted by molar-refractivity contribution is 0.284. The molecule has 0 saturated carbocycles. The van der Waals surface area contributed by atoms with Crippen molar-refractivity contribution in [3.8, 4) is 0 Å². The van der Waals surface area contributed by atoms with E-state index in [0.29, 0.717) is 6.04 Å². The van der Waals surface area contributed by atoms with Crippen LogP contribution in [-0.4, -0.2) is 36.1 Å². The van der Waals surface area contributed by atoms with Gasteiger partial charge in [-0.15, -0.1) is 0 Å². The Hall–Kier alpha value is -0.610. The van der Waals surface area contributed by atoms with Crippen LogP contribution in [0.1, 0.15) is 19.5 Å². The smallest absolute Gasteiger partial charge is 0.126 e. The fourth-order valence-electron chi connectivity index (χ4n) is 1.26. The highest BCUT2D eigenvalue weighted by molar-refractivity contribution is 9.10. The first kappa shape index (κ1) is 13.5. The van der Waals surface area contributed by atoms with Crippen molar-refractivity contribution in [2.24, 2.45) is 0 Å². The molecule has 1 rings (SSSR count). The van der Waals surface area contributed by atoms with Crippen LogP contribution in [0.3, 0.4) is 0 Å². The first-order valence-electron chi connectivity index (χ1n) is 5.58. The Morgan fingerprint density at radius 3 is 2.69 bits per heavy atom. The monoisotopic (exact) mass is 285 g/mol. The number of pyridine rings is 1. The van der Waals surface area contributed by atoms with Crippen molar-refractivity contribution in [3.05, 3.63) is 22.3 Å². The molecular formula is C12H20BrN3. The topological polar surface area (TPSA) is 28.2 Å². The molecule has 3 nitrogen and oxygen atoms in total. The molecule has 0 bridgehead atoms. The van der Waals surface area contributed by atoms with Crippen molar-refractivity contribution in [2.45, 2.75) is 26.8 Å². The van der Waals surface area contributed by atoms with Crippen LogP contribution in [0.15, 0.2) is 16.6 Å². The number of hydrogen-bond donors (Lipinski definition) is 1. The Kier molecular flexibility index (Phi) is 5.22. The van der Waals surface area contributed by atoms with Crippen LogP contribution in [-0.2, 0) is 0 Å². The van der Waals surface area contributed by atoms with Gasteiger partial charge in [0.05, 0.1) is 5.69 Å². The minimum Gasteiger partial charge on any atom is -0.369 e. The molecule has 0 amide bonds. The van der Waals surface area contributed by atoms with Crippen molar-refractivity contribution in [3.63, 3.8) is 0 Å². The Bertz CT molecular complexity index is 339. The van der Waals surface area contributed by atoms with E-state index in [2.05, 4.69) is 52.0 Å². The minimum atomic E-state index is 0.585. The summed E-state index contributed by atoms with van der Waals surface area (Å²) in [4.78, 5) is 6.74. The normalized spacial score (nSPS) is 11.2.